The predicted octanol–water partition coefficient (Wildman–Crippen LogP) is 4.93. The van der Waals surface area contributed by atoms with Gasteiger partial charge in [0.15, 0.2) is 0 Å². The Hall–Kier alpha value is -1.90. The number of aromatic nitrogens is 2. The fourth-order valence-electron chi connectivity index (χ4n) is 5.54. The third-order valence-corrected chi connectivity index (χ3v) is 6.67. The van der Waals surface area contributed by atoms with Gasteiger partial charge in [0.1, 0.15) is 11.6 Å². The normalized spacial score (nSPS) is 25.8. The van der Waals surface area contributed by atoms with Crippen LogP contribution in [0.4, 0.5) is 0 Å². The zero-order valence-corrected chi connectivity index (χ0v) is 16.7. The highest BCUT2D eigenvalue weighted by Gasteiger charge is 2.52. The van der Waals surface area contributed by atoms with Crippen molar-refractivity contribution < 1.29 is 4.74 Å². The number of ether oxygens (including phenoxy) is 1. The summed E-state index contributed by atoms with van der Waals surface area (Å²) in [5.74, 6) is 2.47. The van der Waals surface area contributed by atoms with Gasteiger partial charge in [0.2, 0.25) is 0 Å². The van der Waals surface area contributed by atoms with E-state index in [4.69, 9.17) is 9.72 Å². The average molecular weight is 351 g/mol. The predicted molar refractivity (Wildman–Crippen MR) is 105 cm³/mol. The maximum Gasteiger partial charge on any atom is 0.125 e. The van der Waals surface area contributed by atoms with Crippen LogP contribution in [-0.2, 0) is 23.7 Å². The largest absolute Gasteiger partial charge is 0.494 e. The van der Waals surface area contributed by atoms with Gasteiger partial charge in [-0.1, -0.05) is 33.8 Å². The van der Waals surface area contributed by atoms with Crippen molar-refractivity contribution in [3.63, 3.8) is 0 Å². The van der Waals surface area contributed by atoms with Gasteiger partial charge in [-0.05, 0) is 67.3 Å². The van der Waals surface area contributed by atoms with E-state index in [1.165, 1.54) is 28.8 Å². The first-order chi connectivity index (χ1) is 12.4. The van der Waals surface area contributed by atoms with Crippen molar-refractivity contribution in [2.24, 2.45) is 5.92 Å². The minimum Gasteiger partial charge on any atom is -0.494 e. The molecule has 0 fully saturated rings. The molecular formula is C23H30N2O. The summed E-state index contributed by atoms with van der Waals surface area (Å²) in [7, 11) is 0. The lowest BCUT2D eigenvalue weighted by Gasteiger charge is -2.54. The molecule has 2 aromatic rings. The summed E-state index contributed by atoms with van der Waals surface area (Å²) < 4.78 is 5.96. The summed E-state index contributed by atoms with van der Waals surface area (Å²) in [6.45, 7) is 12.1. The first kappa shape index (κ1) is 17.5. The second kappa shape index (κ2) is 6.07. The van der Waals surface area contributed by atoms with E-state index in [-0.39, 0.29) is 10.8 Å². The van der Waals surface area contributed by atoms with E-state index in [0.717, 1.165) is 37.4 Å². The van der Waals surface area contributed by atoms with Crippen molar-refractivity contribution in [3.05, 3.63) is 52.6 Å². The number of rotatable bonds is 3. The van der Waals surface area contributed by atoms with Crippen LogP contribution in [0.25, 0.3) is 0 Å². The molecule has 2 aliphatic carbocycles. The molecule has 138 valence electrons. The van der Waals surface area contributed by atoms with Crippen LogP contribution in [0, 0.1) is 12.8 Å². The van der Waals surface area contributed by atoms with Gasteiger partial charge < -0.3 is 4.74 Å². The second-order valence-electron chi connectivity index (χ2n) is 8.87. The molecule has 0 amide bonds. The summed E-state index contributed by atoms with van der Waals surface area (Å²) in [5, 5.41) is 0. The Morgan fingerprint density at radius 1 is 1.19 bits per heavy atom. The molecule has 1 unspecified atom stereocenters. The Morgan fingerprint density at radius 3 is 2.77 bits per heavy atom. The Labute approximate surface area is 157 Å². The highest BCUT2D eigenvalue weighted by molar-refractivity contribution is 5.48. The van der Waals surface area contributed by atoms with Crippen LogP contribution in [0.3, 0.4) is 0 Å². The molecule has 0 aliphatic heterocycles. The van der Waals surface area contributed by atoms with E-state index >= 15 is 0 Å². The molecule has 0 bridgehead atoms. The molecule has 0 radical (unpaired) electrons. The van der Waals surface area contributed by atoms with Crippen LogP contribution in [0.5, 0.6) is 5.75 Å². The Balaban J connectivity index is 1.84. The SMILES string of the molecule is CCCOc1ccc2c(c1)[C@@]1(C)Cc3cnc(C)nc3C(C)(C)C1CC2. The number of benzene rings is 1. The summed E-state index contributed by atoms with van der Waals surface area (Å²) in [6.07, 6.45) is 6.47. The molecule has 3 heteroatoms. The topological polar surface area (TPSA) is 35.0 Å². The van der Waals surface area contributed by atoms with E-state index in [1.807, 2.05) is 6.92 Å². The van der Waals surface area contributed by atoms with E-state index in [9.17, 15) is 0 Å². The third-order valence-electron chi connectivity index (χ3n) is 6.67. The van der Waals surface area contributed by atoms with Crippen LogP contribution in [0.2, 0.25) is 0 Å². The zero-order valence-electron chi connectivity index (χ0n) is 16.7. The molecule has 0 N–H and O–H groups in total. The maximum atomic E-state index is 5.96. The fraction of sp³-hybridized carbons (Fsp3) is 0.565. The maximum absolute atomic E-state index is 5.96. The van der Waals surface area contributed by atoms with Gasteiger partial charge in [0, 0.05) is 17.0 Å². The summed E-state index contributed by atoms with van der Waals surface area (Å²) >= 11 is 0. The molecule has 0 saturated carbocycles. The highest BCUT2D eigenvalue weighted by atomic mass is 16.5. The van der Waals surface area contributed by atoms with Crippen molar-refractivity contribution in [2.75, 3.05) is 6.61 Å². The van der Waals surface area contributed by atoms with Gasteiger partial charge in [-0.3, -0.25) is 0 Å². The smallest absolute Gasteiger partial charge is 0.125 e. The lowest BCUT2D eigenvalue weighted by molar-refractivity contribution is 0.134. The molecule has 3 nitrogen and oxygen atoms in total. The summed E-state index contributed by atoms with van der Waals surface area (Å²) in [4.78, 5) is 9.37. The Morgan fingerprint density at radius 2 is 2.00 bits per heavy atom. The Bertz CT molecular complexity index is 842. The Kier molecular flexibility index (Phi) is 4.09. The van der Waals surface area contributed by atoms with Crippen molar-refractivity contribution in [3.8, 4) is 5.75 Å². The second-order valence-corrected chi connectivity index (χ2v) is 8.87. The number of fused-ring (bicyclic) bond motifs is 4. The van der Waals surface area contributed by atoms with Gasteiger partial charge in [-0.25, -0.2) is 9.97 Å². The monoisotopic (exact) mass is 350 g/mol. The average Bonchev–Trinajstić information content (AvgIpc) is 2.61. The van der Waals surface area contributed by atoms with Crippen molar-refractivity contribution in [2.45, 2.75) is 71.1 Å². The number of aryl methyl sites for hydroxylation is 2. The molecule has 1 aromatic carbocycles. The zero-order chi connectivity index (χ0) is 18.5. The number of hydrogen-bond acceptors (Lipinski definition) is 3. The highest BCUT2D eigenvalue weighted by Crippen LogP contribution is 2.56. The van der Waals surface area contributed by atoms with Crippen molar-refractivity contribution in [1.82, 2.24) is 9.97 Å². The summed E-state index contributed by atoms with van der Waals surface area (Å²) in [5.41, 5.74) is 5.69. The van der Waals surface area contributed by atoms with Crippen LogP contribution in [0.1, 0.15) is 68.7 Å². The third kappa shape index (κ3) is 2.55. The first-order valence-electron chi connectivity index (χ1n) is 9.95. The van der Waals surface area contributed by atoms with Crippen LogP contribution in [0.15, 0.2) is 24.4 Å². The molecule has 0 saturated heterocycles. The number of hydrogen-bond donors (Lipinski definition) is 0. The quantitative estimate of drug-likeness (QED) is 0.787. The van der Waals surface area contributed by atoms with Gasteiger partial charge in [0.05, 0.1) is 12.3 Å². The molecule has 0 spiro atoms. The fourth-order valence-corrected chi connectivity index (χ4v) is 5.54. The number of nitrogens with zero attached hydrogens (tertiary/aromatic N) is 2. The standard InChI is InChI=1S/C23H30N2O/c1-6-11-26-18-9-7-16-8-10-20-22(3,4)21-17(14-24-15(2)25-21)13-23(20,5)19(16)12-18/h7,9,12,14,20H,6,8,10-11,13H2,1-5H3/t20?,23-/m1/s1. The van der Waals surface area contributed by atoms with Crippen LogP contribution < -0.4 is 4.74 Å². The lowest BCUT2D eigenvalue weighted by atomic mass is 9.50. The molecule has 26 heavy (non-hydrogen) atoms. The summed E-state index contributed by atoms with van der Waals surface area (Å²) in [6, 6.07) is 6.75. The first-order valence-corrected chi connectivity index (χ1v) is 9.95. The van der Waals surface area contributed by atoms with E-state index < -0.39 is 0 Å². The van der Waals surface area contributed by atoms with Crippen molar-refractivity contribution in [1.29, 1.82) is 0 Å². The van der Waals surface area contributed by atoms with E-state index in [2.05, 4.69) is 57.1 Å². The van der Waals surface area contributed by atoms with Crippen LogP contribution in [-0.4, -0.2) is 16.6 Å². The molecule has 4 rings (SSSR count). The van der Waals surface area contributed by atoms with Crippen LogP contribution >= 0.6 is 0 Å². The minimum absolute atomic E-state index is 0.0496. The van der Waals surface area contributed by atoms with Gasteiger partial charge in [-0.2, -0.15) is 0 Å². The molecule has 1 aromatic heterocycles. The van der Waals surface area contributed by atoms with E-state index in [0.29, 0.717) is 5.92 Å². The van der Waals surface area contributed by atoms with Crippen molar-refractivity contribution >= 4 is 0 Å². The minimum atomic E-state index is 0.0496. The lowest BCUT2D eigenvalue weighted by Crippen LogP contribution is -2.52. The molecule has 2 atom stereocenters. The molecule has 1 heterocycles. The van der Waals surface area contributed by atoms with Gasteiger partial charge in [0.25, 0.3) is 0 Å². The molecular weight excluding hydrogens is 320 g/mol. The molecule has 2 aliphatic rings. The van der Waals surface area contributed by atoms with E-state index in [1.54, 1.807) is 0 Å². The van der Waals surface area contributed by atoms with Gasteiger partial charge >= 0.3 is 0 Å². The van der Waals surface area contributed by atoms with Gasteiger partial charge in [-0.15, -0.1) is 0 Å².